The van der Waals surface area contributed by atoms with Crippen molar-refractivity contribution in [3.63, 3.8) is 0 Å². The highest BCUT2D eigenvalue weighted by molar-refractivity contribution is 6.36. The van der Waals surface area contributed by atoms with Gasteiger partial charge in [-0.05, 0) is 67.1 Å². The average Bonchev–Trinajstić information content (AvgIpc) is 3.50. The normalized spacial score (nSPS) is 12.8. The van der Waals surface area contributed by atoms with Gasteiger partial charge in [0, 0.05) is 46.7 Å². The largest absolute Gasteiger partial charge is 0.342 e. The molecule has 0 N–H and O–H groups in total. The van der Waals surface area contributed by atoms with Gasteiger partial charge in [-0.2, -0.15) is 0 Å². The third-order valence-electron chi connectivity index (χ3n) is 10.3. The van der Waals surface area contributed by atoms with Crippen LogP contribution in [0.1, 0.15) is 52.7 Å². The lowest BCUT2D eigenvalue weighted by atomic mass is 9.86. The van der Waals surface area contributed by atoms with Crippen LogP contribution in [0.3, 0.4) is 0 Å². The second kappa shape index (κ2) is 9.84. The molecular formula is C44H42N2. The monoisotopic (exact) mass is 598 g/mol. The van der Waals surface area contributed by atoms with Crippen LogP contribution in [0.2, 0.25) is 0 Å². The first-order valence-electron chi connectivity index (χ1n) is 16.5. The van der Waals surface area contributed by atoms with Crippen LogP contribution in [0, 0.1) is 0 Å². The summed E-state index contributed by atoms with van der Waals surface area (Å²) >= 11 is 0. The third-order valence-corrected chi connectivity index (χ3v) is 10.3. The molecule has 0 atom stereocenters. The van der Waals surface area contributed by atoms with Crippen molar-refractivity contribution in [1.82, 2.24) is 9.13 Å². The number of fused-ring (bicyclic) bond motifs is 10. The van der Waals surface area contributed by atoms with Crippen molar-refractivity contribution in [2.75, 3.05) is 0 Å². The number of hydrogen-bond donors (Lipinski definition) is 0. The van der Waals surface area contributed by atoms with Gasteiger partial charge in [0.05, 0.1) is 11.0 Å². The van der Waals surface area contributed by atoms with Crippen molar-refractivity contribution < 1.29 is 0 Å². The maximum absolute atomic E-state index is 2.43. The van der Waals surface area contributed by atoms with Crippen molar-refractivity contribution in [2.24, 2.45) is 14.1 Å². The molecule has 2 heterocycles. The van der Waals surface area contributed by atoms with Gasteiger partial charge < -0.3 is 9.13 Å². The first-order valence-corrected chi connectivity index (χ1v) is 16.5. The standard InChI is InChI=1S/C44H42N2/c1-43(2,3)31-19-13-27(14-20-31)29-17-23-35-37(25-29)45(7)41-39(35)33-11-9-10-12-34(33)40-36-24-18-30(26-38(36)46(8)42(40)41)28-15-21-32(22-16-28)44(4,5)6/h9-26H,1-8H3. The molecule has 0 radical (unpaired) electrons. The smallest absolute Gasteiger partial charge is 0.0742 e. The third kappa shape index (κ3) is 4.23. The molecule has 0 aliphatic rings. The molecule has 2 aromatic heterocycles. The fraction of sp³-hybridized carbons (Fsp3) is 0.227. The van der Waals surface area contributed by atoms with Gasteiger partial charge in [-0.15, -0.1) is 0 Å². The van der Waals surface area contributed by atoms with E-state index in [0.717, 1.165) is 0 Å². The lowest BCUT2D eigenvalue weighted by Gasteiger charge is -2.19. The van der Waals surface area contributed by atoms with Gasteiger partial charge in [-0.1, -0.05) is 139 Å². The van der Waals surface area contributed by atoms with Crippen LogP contribution in [0.15, 0.2) is 109 Å². The van der Waals surface area contributed by atoms with E-state index in [0.29, 0.717) is 0 Å². The first-order chi connectivity index (χ1) is 21.9. The molecule has 0 aliphatic heterocycles. The van der Waals surface area contributed by atoms with Crippen molar-refractivity contribution >= 4 is 54.4 Å². The van der Waals surface area contributed by atoms with E-state index in [1.54, 1.807) is 0 Å². The minimum Gasteiger partial charge on any atom is -0.342 e. The van der Waals surface area contributed by atoms with Crippen LogP contribution >= 0.6 is 0 Å². The fourth-order valence-electron chi connectivity index (χ4n) is 7.58. The second-order valence-corrected chi connectivity index (χ2v) is 15.2. The summed E-state index contributed by atoms with van der Waals surface area (Å²) in [6.07, 6.45) is 0. The highest BCUT2D eigenvalue weighted by atomic mass is 15.0. The van der Waals surface area contributed by atoms with Crippen molar-refractivity contribution in [1.29, 1.82) is 0 Å². The van der Waals surface area contributed by atoms with E-state index < -0.39 is 0 Å². The van der Waals surface area contributed by atoms with Crippen LogP contribution in [0.5, 0.6) is 0 Å². The molecule has 0 spiro atoms. The second-order valence-electron chi connectivity index (χ2n) is 15.2. The minimum absolute atomic E-state index is 0.140. The Labute approximate surface area is 271 Å². The highest BCUT2D eigenvalue weighted by Crippen LogP contribution is 2.45. The molecule has 2 nitrogen and oxygen atoms in total. The van der Waals surface area contributed by atoms with E-state index in [1.807, 2.05) is 0 Å². The molecular weight excluding hydrogens is 556 g/mol. The Morgan fingerprint density at radius 2 is 0.739 bits per heavy atom. The molecule has 0 bridgehead atoms. The van der Waals surface area contributed by atoms with Gasteiger partial charge in [0.2, 0.25) is 0 Å². The lowest BCUT2D eigenvalue weighted by molar-refractivity contribution is 0.590. The topological polar surface area (TPSA) is 9.86 Å². The first kappa shape index (κ1) is 28.6. The van der Waals surface area contributed by atoms with Gasteiger partial charge >= 0.3 is 0 Å². The van der Waals surface area contributed by atoms with E-state index in [9.17, 15) is 0 Å². The molecule has 0 amide bonds. The maximum atomic E-state index is 2.43. The zero-order valence-electron chi connectivity index (χ0n) is 28.3. The number of nitrogens with zero attached hydrogens (tertiary/aromatic N) is 2. The van der Waals surface area contributed by atoms with Gasteiger partial charge in [-0.3, -0.25) is 0 Å². The molecule has 228 valence electrons. The summed E-state index contributed by atoms with van der Waals surface area (Å²) in [5.74, 6) is 0. The SMILES string of the molecule is Cn1c2cc(-c3ccc(C(C)(C)C)cc3)ccc2c2c3ccccc3c3c4ccc(-c5ccc(C(C)(C)C)cc5)cc4n(C)c3c21. The van der Waals surface area contributed by atoms with Gasteiger partial charge in [0.1, 0.15) is 0 Å². The van der Waals surface area contributed by atoms with E-state index in [-0.39, 0.29) is 10.8 Å². The van der Waals surface area contributed by atoms with Crippen molar-refractivity contribution in [2.45, 2.75) is 52.4 Å². The van der Waals surface area contributed by atoms with Crippen LogP contribution in [0.25, 0.3) is 76.6 Å². The lowest BCUT2D eigenvalue weighted by Crippen LogP contribution is -2.10. The number of rotatable bonds is 2. The Bertz CT molecular complexity index is 2290. The van der Waals surface area contributed by atoms with Gasteiger partial charge in [-0.25, -0.2) is 0 Å². The quantitative estimate of drug-likeness (QED) is 0.187. The Hall–Kier alpha value is -4.82. The van der Waals surface area contributed by atoms with E-state index in [1.165, 1.54) is 87.8 Å². The minimum atomic E-state index is 0.140. The van der Waals surface area contributed by atoms with Crippen LogP contribution in [-0.2, 0) is 24.9 Å². The van der Waals surface area contributed by atoms with E-state index >= 15 is 0 Å². The van der Waals surface area contributed by atoms with Crippen LogP contribution < -0.4 is 0 Å². The molecule has 46 heavy (non-hydrogen) atoms. The van der Waals surface area contributed by atoms with E-state index in [4.69, 9.17) is 0 Å². The summed E-state index contributed by atoms with van der Waals surface area (Å²) in [7, 11) is 4.48. The highest BCUT2D eigenvalue weighted by Gasteiger charge is 2.22. The zero-order valence-corrected chi connectivity index (χ0v) is 28.3. The number of benzene rings is 6. The summed E-state index contributed by atoms with van der Waals surface area (Å²) in [5.41, 5.74) is 13.1. The Balaban J connectivity index is 1.38. The molecule has 0 fully saturated rings. The van der Waals surface area contributed by atoms with Crippen LogP contribution in [-0.4, -0.2) is 9.13 Å². The molecule has 0 saturated heterocycles. The molecule has 0 saturated carbocycles. The van der Waals surface area contributed by atoms with Crippen molar-refractivity contribution in [3.05, 3.63) is 120 Å². The van der Waals surface area contributed by atoms with Gasteiger partial charge in [0.25, 0.3) is 0 Å². The Morgan fingerprint density at radius 3 is 1.09 bits per heavy atom. The molecule has 8 aromatic rings. The number of aryl methyl sites for hydroxylation is 2. The molecule has 8 rings (SSSR count). The maximum Gasteiger partial charge on any atom is 0.0742 e. The summed E-state index contributed by atoms with van der Waals surface area (Å²) in [6.45, 7) is 13.6. The van der Waals surface area contributed by atoms with Crippen LogP contribution in [0.4, 0.5) is 0 Å². The Morgan fingerprint density at radius 1 is 0.391 bits per heavy atom. The Kier molecular flexibility index (Phi) is 6.13. The van der Waals surface area contributed by atoms with E-state index in [2.05, 4.69) is 174 Å². The van der Waals surface area contributed by atoms with Gasteiger partial charge in [0.15, 0.2) is 0 Å². The predicted molar refractivity (Wildman–Crippen MR) is 200 cm³/mol. The predicted octanol–water partition coefficient (Wildman–Crippen LogP) is 12.1. The molecule has 6 aromatic carbocycles. The zero-order chi connectivity index (χ0) is 32.1. The molecule has 0 aliphatic carbocycles. The molecule has 2 heteroatoms. The number of aromatic nitrogens is 2. The van der Waals surface area contributed by atoms with Crippen molar-refractivity contribution in [3.8, 4) is 22.3 Å². The molecule has 0 unspecified atom stereocenters. The number of hydrogen-bond acceptors (Lipinski definition) is 0. The summed E-state index contributed by atoms with van der Waals surface area (Å²) in [6, 6.07) is 41.2. The summed E-state index contributed by atoms with van der Waals surface area (Å²) in [4.78, 5) is 0. The summed E-state index contributed by atoms with van der Waals surface area (Å²) in [5, 5.41) is 7.89. The average molecular weight is 599 g/mol. The fourth-order valence-corrected chi connectivity index (χ4v) is 7.58. The summed E-state index contributed by atoms with van der Waals surface area (Å²) < 4.78 is 4.86.